The van der Waals surface area contributed by atoms with Gasteiger partial charge in [0.15, 0.2) is 6.61 Å². The number of benzene rings is 2. The molecule has 1 aliphatic rings. The zero-order valence-electron chi connectivity index (χ0n) is 15.7. The Morgan fingerprint density at radius 3 is 2.07 bits per heavy atom. The Morgan fingerprint density at radius 2 is 1.57 bits per heavy atom. The molecule has 3 N–H and O–H groups in total. The van der Waals surface area contributed by atoms with Gasteiger partial charge in [0.25, 0.3) is 17.7 Å². The summed E-state index contributed by atoms with van der Waals surface area (Å²) in [4.78, 5) is 49.7. The molecule has 1 atom stereocenters. The standard InChI is InChI=1S/C19H17N3O7S/c1-11(22-17(24)14-4-2-3-5-15(14)18(22)25)19(26)29-10-16(23)21-12-6-8-13(9-7-12)30(20,27)28/h2-9,11H,10H2,1H3,(H,21,23)(H2,20,27,28)/t11-/m1/s1. The number of sulfonamides is 1. The third-order valence-electron chi connectivity index (χ3n) is 4.37. The third-order valence-corrected chi connectivity index (χ3v) is 5.30. The Kier molecular flexibility index (Phi) is 5.67. The van der Waals surface area contributed by atoms with Crippen LogP contribution in [0.2, 0.25) is 0 Å². The van der Waals surface area contributed by atoms with Crippen LogP contribution >= 0.6 is 0 Å². The fraction of sp³-hybridized carbons (Fsp3) is 0.158. The number of esters is 1. The number of fused-ring (bicyclic) bond motifs is 1. The molecular formula is C19H17N3O7S. The third kappa shape index (κ3) is 4.21. The summed E-state index contributed by atoms with van der Waals surface area (Å²) in [5.41, 5.74) is 0.655. The van der Waals surface area contributed by atoms with Crippen molar-refractivity contribution in [2.45, 2.75) is 17.9 Å². The lowest BCUT2D eigenvalue weighted by Gasteiger charge is -2.20. The largest absolute Gasteiger partial charge is 0.454 e. The molecule has 0 spiro atoms. The van der Waals surface area contributed by atoms with E-state index >= 15 is 0 Å². The van der Waals surface area contributed by atoms with Gasteiger partial charge in [-0.3, -0.25) is 19.3 Å². The van der Waals surface area contributed by atoms with Crippen LogP contribution in [0.1, 0.15) is 27.6 Å². The van der Waals surface area contributed by atoms with Gasteiger partial charge in [0.1, 0.15) is 6.04 Å². The van der Waals surface area contributed by atoms with E-state index in [4.69, 9.17) is 9.88 Å². The minimum Gasteiger partial charge on any atom is -0.454 e. The second-order valence-electron chi connectivity index (χ2n) is 6.43. The molecule has 10 nitrogen and oxygen atoms in total. The van der Waals surface area contributed by atoms with Crippen LogP contribution in [0.15, 0.2) is 53.4 Å². The van der Waals surface area contributed by atoms with Gasteiger partial charge >= 0.3 is 5.97 Å². The van der Waals surface area contributed by atoms with E-state index in [1.165, 1.54) is 43.3 Å². The van der Waals surface area contributed by atoms with Crippen LogP contribution in [-0.2, 0) is 24.3 Å². The van der Waals surface area contributed by atoms with Crippen LogP contribution in [0.25, 0.3) is 0 Å². The van der Waals surface area contributed by atoms with Crippen molar-refractivity contribution >= 4 is 39.4 Å². The van der Waals surface area contributed by atoms with Gasteiger partial charge in [-0.2, -0.15) is 0 Å². The molecule has 1 heterocycles. The van der Waals surface area contributed by atoms with Gasteiger partial charge < -0.3 is 10.1 Å². The summed E-state index contributed by atoms with van der Waals surface area (Å²) < 4.78 is 27.3. The Bertz CT molecular complexity index is 1110. The molecule has 2 aromatic rings. The van der Waals surface area contributed by atoms with Crippen molar-refractivity contribution in [2.24, 2.45) is 5.14 Å². The van der Waals surface area contributed by atoms with E-state index in [-0.39, 0.29) is 21.7 Å². The van der Waals surface area contributed by atoms with Crippen LogP contribution < -0.4 is 10.5 Å². The topological polar surface area (TPSA) is 153 Å². The van der Waals surface area contributed by atoms with E-state index in [0.717, 1.165) is 4.90 Å². The first-order chi connectivity index (χ1) is 14.1. The number of carbonyl (C=O) groups is 4. The number of carbonyl (C=O) groups excluding carboxylic acids is 4. The second-order valence-corrected chi connectivity index (χ2v) is 7.99. The lowest BCUT2D eigenvalue weighted by Crippen LogP contribution is -2.44. The number of nitrogens with one attached hydrogen (secondary N) is 1. The highest BCUT2D eigenvalue weighted by molar-refractivity contribution is 7.89. The van der Waals surface area contributed by atoms with Gasteiger partial charge in [0, 0.05) is 5.69 Å². The number of primary sulfonamides is 1. The van der Waals surface area contributed by atoms with E-state index in [1.54, 1.807) is 12.1 Å². The van der Waals surface area contributed by atoms with E-state index in [2.05, 4.69) is 5.32 Å². The van der Waals surface area contributed by atoms with Crippen molar-refractivity contribution in [2.75, 3.05) is 11.9 Å². The van der Waals surface area contributed by atoms with Crippen molar-refractivity contribution < 1.29 is 32.3 Å². The lowest BCUT2D eigenvalue weighted by atomic mass is 10.1. The quantitative estimate of drug-likeness (QED) is 0.499. The summed E-state index contributed by atoms with van der Waals surface area (Å²) in [6, 6.07) is 10.0. The predicted molar refractivity (Wildman–Crippen MR) is 104 cm³/mol. The highest BCUT2D eigenvalue weighted by atomic mass is 32.2. The number of ether oxygens (including phenoxy) is 1. The summed E-state index contributed by atoms with van der Waals surface area (Å²) in [6.45, 7) is 0.664. The minimum atomic E-state index is -3.86. The van der Waals surface area contributed by atoms with Crippen molar-refractivity contribution in [1.82, 2.24) is 4.90 Å². The monoisotopic (exact) mass is 431 g/mol. The number of nitrogens with two attached hydrogens (primary N) is 1. The maximum Gasteiger partial charge on any atom is 0.329 e. The highest BCUT2D eigenvalue weighted by Crippen LogP contribution is 2.24. The fourth-order valence-corrected chi connectivity index (χ4v) is 3.36. The van der Waals surface area contributed by atoms with E-state index in [9.17, 15) is 27.6 Å². The number of rotatable bonds is 6. The predicted octanol–water partition coefficient (Wildman–Crippen LogP) is 0.500. The van der Waals surface area contributed by atoms with Gasteiger partial charge in [0.2, 0.25) is 10.0 Å². The van der Waals surface area contributed by atoms with Crippen LogP contribution in [0.5, 0.6) is 0 Å². The second kappa shape index (κ2) is 8.05. The number of nitrogens with zero attached hydrogens (tertiary/aromatic N) is 1. The molecule has 30 heavy (non-hydrogen) atoms. The van der Waals surface area contributed by atoms with E-state index in [0.29, 0.717) is 0 Å². The van der Waals surface area contributed by atoms with Gasteiger partial charge in [-0.05, 0) is 43.3 Å². The number of anilines is 1. The van der Waals surface area contributed by atoms with Gasteiger partial charge in [-0.1, -0.05) is 12.1 Å². The number of amides is 3. The molecule has 11 heteroatoms. The Morgan fingerprint density at radius 1 is 1.03 bits per heavy atom. The summed E-state index contributed by atoms with van der Waals surface area (Å²) in [7, 11) is -3.86. The summed E-state index contributed by atoms with van der Waals surface area (Å²) in [6.07, 6.45) is 0. The SMILES string of the molecule is C[C@H](C(=O)OCC(=O)Nc1ccc(S(N)(=O)=O)cc1)N1C(=O)c2ccccc2C1=O. The smallest absolute Gasteiger partial charge is 0.329 e. The van der Waals surface area contributed by atoms with E-state index < -0.39 is 46.4 Å². The molecule has 0 bridgehead atoms. The Labute approximate surface area is 171 Å². The molecule has 0 aliphatic carbocycles. The summed E-state index contributed by atoms with van der Waals surface area (Å²) in [5, 5.41) is 7.41. The van der Waals surface area contributed by atoms with Crippen LogP contribution in [0, 0.1) is 0 Å². The summed E-state index contributed by atoms with van der Waals surface area (Å²) >= 11 is 0. The molecule has 156 valence electrons. The average molecular weight is 431 g/mol. The lowest BCUT2D eigenvalue weighted by molar-refractivity contribution is -0.150. The summed E-state index contributed by atoms with van der Waals surface area (Å²) in [5.74, 6) is -2.84. The van der Waals surface area contributed by atoms with E-state index in [1.807, 2.05) is 0 Å². The van der Waals surface area contributed by atoms with Crippen LogP contribution in [0.3, 0.4) is 0 Å². The molecule has 0 saturated heterocycles. The Hall–Kier alpha value is -3.57. The molecule has 1 aliphatic heterocycles. The molecule has 3 amide bonds. The van der Waals surface area contributed by atoms with Gasteiger partial charge in [-0.25, -0.2) is 18.4 Å². The molecule has 0 aromatic heterocycles. The van der Waals surface area contributed by atoms with Gasteiger partial charge in [0.05, 0.1) is 16.0 Å². The van der Waals surface area contributed by atoms with Crippen LogP contribution in [-0.4, -0.2) is 49.7 Å². The maximum absolute atomic E-state index is 12.4. The Balaban J connectivity index is 1.57. The van der Waals surface area contributed by atoms with Crippen molar-refractivity contribution in [1.29, 1.82) is 0 Å². The van der Waals surface area contributed by atoms with Crippen molar-refractivity contribution in [3.63, 3.8) is 0 Å². The molecule has 0 saturated carbocycles. The molecule has 0 radical (unpaired) electrons. The van der Waals surface area contributed by atoms with Crippen molar-refractivity contribution in [3.8, 4) is 0 Å². The molecule has 0 unspecified atom stereocenters. The number of hydrogen-bond donors (Lipinski definition) is 2. The molecular weight excluding hydrogens is 414 g/mol. The normalized spacial score (nSPS) is 14.3. The highest BCUT2D eigenvalue weighted by Gasteiger charge is 2.41. The van der Waals surface area contributed by atoms with Gasteiger partial charge in [-0.15, -0.1) is 0 Å². The molecule has 3 rings (SSSR count). The minimum absolute atomic E-state index is 0.123. The first-order valence-corrected chi connectivity index (χ1v) is 10.2. The van der Waals surface area contributed by atoms with Crippen molar-refractivity contribution in [3.05, 3.63) is 59.7 Å². The molecule has 2 aromatic carbocycles. The number of hydrogen-bond acceptors (Lipinski definition) is 7. The fourth-order valence-electron chi connectivity index (χ4n) is 2.85. The average Bonchev–Trinajstić information content (AvgIpc) is 2.96. The first kappa shape index (κ1) is 21.1. The maximum atomic E-state index is 12.4. The zero-order chi connectivity index (χ0) is 22.1. The number of imide groups is 1. The first-order valence-electron chi connectivity index (χ1n) is 8.66. The molecule has 0 fully saturated rings. The van der Waals surface area contributed by atoms with Crippen LogP contribution in [0.4, 0.5) is 5.69 Å². The zero-order valence-corrected chi connectivity index (χ0v) is 16.5.